The zero-order valence-electron chi connectivity index (χ0n) is 10.5. The van der Waals surface area contributed by atoms with Crippen LogP contribution < -0.4 is 15.2 Å². The Morgan fingerprint density at radius 1 is 1.39 bits per heavy atom. The summed E-state index contributed by atoms with van der Waals surface area (Å²) in [6.07, 6.45) is 1.97. The van der Waals surface area contributed by atoms with E-state index in [2.05, 4.69) is 0 Å². The van der Waals surface area contributed by atoms with Gasteiger partial charge in [-0.1, -0.05) is 0 Å². The average molecular weight is 251 g/mol. The summed E-state index contributed by atoms with van der Waals surface area (Å²) in [6.45, 7) is 0.515. The molecule has 5 heteroatoms. The quantitative estimate of drug-likeness (QED) is 0.826. The van der Waals surface area contributed by atoms with Crippen molar-refractivity contribution in [3.8, 4) is 11.5 Å². The van der Waals surface area contributed by atoms with Crippen LogP contribution in [0.25, 0.3) is 0 Å². The van der Waals surface area contributed by atoms with E-state index in [9.17, 15) is 9.90 Å². The smallest absolute Gasteiger partial charge is 0.339 e. The van der Waals surface area contributed by atoms with Crippen molar-refractivity contribution in [2.45, 2.75) is 18.3 Å². The van der Waals surface area contributed by atoms with Gasteiger partial charge in [-0.15, -0.1) is 0 Å². The average Bonchev–Trinajstić information content (AvgIpc) is 3.17. The number of methoxy groups -OCH3 is 2. The van der Waals surface area contributed by atoms with Crippen molar-refractivity contribution in [2.24, 2.45) is 5.73 Å². The highest BCUT2D eigenvalue weighted by molar-refractivity contribution is 5.92. The van der Waals surface area contributed by atoms with Crippen molar-refractivity contribution < 1.29 is 19.4 Å². The molecule has 1 saturated carbocycles. The Morgan fingerprint density at radius 2 is 2.06 bits per heavy atom. The third kappa shape index (κ3) is 1.90. The first-order valence-corrected chi connectivity index (χ1v) is 5.78. The second-order valence-corrected chi connectivity index (χ2v) is 4.55. The summed E-state index contributed by atoms with van der Waals surface area (Å²) < 4.78 is 10.3. The first kappa shape index (κ1) is 12.7. The molecule has 0 heterocycles. The number of hydrogen-bond donors (Lipinski definition) is 2. The summed E-state index contributed by atoms with van der Waals surface area (Å²) in [4.78, 5) is 11.3. The van der Waals surface area contributed by atoms with Gasteiger partial charge in [0.25, 0.3) is 0 Å². The van der Waals surface area contributed by atoms with Crippen LogP contribution in [0.5, 0.6) is 11.5 Å². The van der Waals surface area contributed by atoms with E-state index in [1.807, 2.05) is 6.07 Å². The fraction of sp³-hybridized carbons (Fsp3) is 0.462. The van der Waals surface area contributed by atoms with E-state index < -0.39 is 5.97 Å². The molecule has 0 aromatic heterocycles. The number of nitrogens with two attached hydrogens (primary N) is 1. The molecule has 0 aliphatic heterocycles. The van der Waals surface area contributed by atoms with Gasteiger partial charge in [-0.05, 0) is 30.5 Å². The van der Waals surface area contributed by atoms with Crippen LogP contribution in [-0.2, 0) is 5.41 Å². The van der Waals surface area contributed by atoms with E-state index >= 15 is 0 Å². The second-order valence-electron chi connectivity index (χ2n) is 4.55. The van der Waals surface area contributed by atoms with Crippen molar-refractivity contribution in [3.05, 3.63) is 23.3 Å². The van der Waals surface area contributed by atoms with Crippen LogP contribution in [0.3, 0.4) is 0 Å². The molecule has 0 bridgehead atoms. The SMILES string of the molecule is COc1cc(C2(CN)CC2)cc(C(=O)O)c1OC. The van der Waals surface area contributed by atoms with E-state index in [-0.39, 0.29) is 16.7 Å². The predicted octanol–water partition coefficient (Wildman–Crippen LogP) is 1.39. The highest BCUT2D eigenvalue weighted by Crippen LogP contribution is 2.49. The standard InChI is InChI=1S/C13H17NO4/c1-17-10-6-8(13(7-14)3-4-13)5-9(12(15)16)11(10)18-2/h5-6H,3-4,7,14H2,1-2H3,(H,15,16). The Hall–Kier alpha value is -1.75. The summed E-state index contributed by atoms with van der Waals surface area (Å²) in [6, 6.07) is 3.47. The number of carbonyl (C=O) groups is 1. The van der Waals surface area contributed by atoms with Crippen LogP contribution in [0.1, 0.15) is 28.8 Å². The molecule has 1 aromatic carbocycles. The van der Waals surface area contributed by atoms with Gasteiger partial charge in [0.2, 0.25) is 0 Å². The topological polar surface area (TPSA) is 81.8 Å². The Balaban J connectivity index is 2.57. The van der Waals surface area contributed by atoms with Crippen molar-refractivity contribution >= 4 is 5.97 Å². The Labute approximate surface area is 106 Å². The Morgan fingerprint density at radius 3 is 2.44 bits per heavy atom. The molecule has 1 fully saturated rings. The van der Waals surface area contributed by atoms with Gasteiger partial charge in [0.15, 0.2) is 11.5 Å². The Bertz CT molecular complexity index is 480. The molecule has 0 spiro atoms. The van der Waals surface area contributed by atoms with E-state index in [0.29, 0.717) is 12.3 Å². The molecule has 0 saturated heterocycles. The highest BCUT2D eigenvalue weighted by Gasteiger charge is 2.44. The van der Waals surface area contributed by atoms with Gasteiger partial charge < -0.3 is 20.3 Å². The fourth-order valence-electron chi connectivity index (χ4n) is 2.19. The molecule has 1 aromatic rings. The van der Waals surface area contributed by atoms with Gasteiger partial charge in [-0.2, -0.15) is 0 Å². The third-order valence-electron chi connectivity index (χ3n) is 3.57. The van der Waals surface area contributed by atoms with Gasteiger partial charge in [0.1, 0.15) is 5.56 Å². The Kier molecular flexibility index (Phi) is 3.17. The molecular formula is C13H17NO4. The molecule has 5 nitrogen and oxygen atoms in total. The van der Waals surface area contributed by atoms with E-state index in [0.717, 1.165) is 18.4 Å². The molecule has 2 rings (SSSR count). The lowest BCUT2D eigenvalue weighted by atomic mass is 9.93. The lowest BCUT2D eigenvalue weighted by Crippen LogP contribution is -2.20. The largest absolute Gasteiger partial charge is 0.493 e. The van der Waals surface area contributed by atoms with Gasteiger partial charge in [-0.25, -0.2) is 4.79 Å². The van der Waals surface area contributed by atoms with Crippen LogP contribution in [0.2, 0.25) is 0 Å². The van der Waals surface area contributed by atoms with Crippen molar-refractivity contribution in [2.75, 3.05) is 20.8 Å². The van der Waals surface area contributed by atoms with Gasteiger partial charge >= 0.3 is 5.97 Å². The van der Waals surface area contributed by atoms with Gasteiger partial charge in [0.05, 0.1) is 14.2 Å². The number of rotatable bonds is 5. The number of aromatic carboxylic acids is 1. The lowest BCUT2D eigenvalue weighted by Gasteiger charge is -2.17. The number of carboxylic acid groups (broad SMARTS) is 1. The molecular weight excluding hydrogens is 234 g/mol. The first-order chi connectivity index (χ1) is 8.57. The van der Waals surface area contributed by atoms with E-state index in [4.69, 9.17) is 15.2 Å². The first-order valence-electron chi connectivity index (χ1n) is 5.78. The second kappa shape index (κ2) is 4.49. The molecule has 3 N–H and O–H groups in total. The number of carboxylic acids is 1. The van der Waals surface area contributed by atoms with Crippen LogP contribution in [-0.4, -0.2) is 31.8 Å². The summed E-state index contributed by atoms with van der Waals surface area (Å²) in [5.74, 6) is -0.339. The maximum absolute atomic E-state index is 11.3. The molecule has 0 unspecified atom stereocenters. The minimum absolute atomic E-state index is 0.0796. The zero-order valence-corrected chi connectivity index (χ0v) is 10.5. The predicted molar refractivity (Wildman–Crippen MR) is 66.5 cm³/mol. The van der Waals surface area contributed by atoms with Gasteiger partial charge in [-0.3, -0.25) is 0 Å². The molecule has 1 aliphatic carbocycles. The van der Waals surface area contributed by atoms with Crippen LogP contribution >= 0.6 is 0 Å². The highest BCUT2D eigenvalue weighted by atomic mass is 16.5. The molecule has 0 radical (unpaired) electrons. The minimum Gasteiger partial charge on any atom is -0.493 e. The summed E-state index contributed by atoms with van der Waals surface area (Å²) >= 11 is 0. The molecule has 98 valence electrons. The molecule has 18 heavy (non-hydrogen) atoms. The maximum atomic E-state index is 11.3. The monoisotopic (exact) mass is 251 g/mol. The van der Waals surface area contributed by atoms with Crippen molar-refractivity contribution in [1.29, 1.82) is 0 Å². The number of benzene rings is 1. The van der Waals surface area contributed by atoms with E-state index in [1.165, 1.54) is 14.2 Å². The van der Waals surface area contributed by atoms with Crippen molar-refractivity contribution in [1.82, 2.24) is 0 Å². The van der Waals surface area contributed by atoms with E-state index in [1.54, 1.807) is 6.07 Å². The minimum atomic E-state index is -1.03. The number of ether oxygens (including phenoxy) is 2. The normalized spacial score (nSPS) is 16.2. The number of hydrogen-bond acceptors (Lipinski definition) is 4. The zero-order chi connectivity index (χ0) is 13.3. The summed E-state index contributed by atoms with van der Waals surface area (Å²) in [5, 5.41) is 9.23. The van der Waals surface area contributed by atoms with Gasteiger partial charge in [0, 0.05) is 12.0 Å². The van der Waals surface area contributed by atoms with Crippen molar-refractivity contribution in [3.63, 3.8) is 0 Å². The lowest BCUT2D eigenvalue weighted by molar-refractivity contribution is 0.0692. The fourth-order valence-corrected chi connectivity index (χ4v) is 2.19. The third-order valence-corrected chi connectivity index (χ3v) is 3.57. The summed E-state index contributed by atoms with van der Waals surface area (Å²) in [5.41, 5.74) is 6.72. The molecule has 1 aliphatic rings. The molecule has 0 atom stereocenters. The molecule has 0 amide bonds. The summed E-state index contributed by atoms with van der Waals surface area (Å²) in [7, 11) is 2.93. The van der Waals surface area contributed by atoms with Crippen LogP contribution in [0.4, 0.5) is 0 Å². The maximum Gasteiger partial charge on any atom is 0.339 e. The van der Waals surface area contributed by atoms with Crippen LogP contribution in [0.15, 0.2) is 12.1 Å². The van der Waals surface area contributed by atoms with Crippen LogP contribution in [0, 0.1) is 0 Å².